The Morgan fingerprint density at radius 2 is 1.00 bits per heavy atom. The van der Waals surface area contributed by atoms with Crippen LogP contribution in [-0.2, 0) is 3.80 Å². The van der Waals surface area contributed by atoms with Gasteiger partial charge < -0.3 is 0 Å². The van der Waals surface area contributed by atoms with Gasteiger partial charge in [0.25, 0.3) is 0 Å². The molecule has 0 spiro atoms. The van der Waals surface area contributed by atoms with Gasteiger partial charge in [0.15, 0.2) is 0 Å². The van der Waals surface area contributed by atoms with Crippen molar-refractivity contribution in [2.45, 2.75) is 0 Å². The summed E-state index contributed by atoms with van der Waals surface area (Å²) in [5.41, 5.74) is 0. The van der Waals surface area contributed by atoms with E-state index >= 15 is 0 Å². The zero-order valence-corrected chi connectivity index (χ0v) is 4.59. The average Bonchev–Trinajstić information content (AvgIpc) is 1.00. The zero-order chi connectivity index (χ0) is 2.00. The molecule has 0 aromatic heterocycles. The van der Waals surface area contributed by atoms with Gasteiger partial charge in [-0.25, -0.2) is 0 Å². The fraction of sp³-hybridized carbons (Fsp3) is 0. The van der Waals surface area contributed by atoms with E-state index in [-0.39, 0.29) is 24.8 Å². The average molecular weight is 116 g/mol. The van der Waals surface area contributed by atoms with Crippen molar-refractivity contribution in [2.24, 2.45) is 0 Å². The second kappa shape index (κ2) is 39.9. The molecule has 1 nitrogen and oxygen atoms in total. The molecule has 0 unspecified atom stereocenters. The topological polar surface area (TPSA) is 17.1 Å². The second-order valence-corrected chi connectivity index (χ2v) is 0. The SMILES string of the molecule is Cl.Cl.[O]=[Al]. The molecule has 0 bridgehead atoms. The van der Waals surface area contributed by atoms with Crippen molar-refractivity contribution in [3.05, 3.63) is 0 Å². The van der Waals surface area contributed by atoms with Crippen LogP contribution in [0.5, 0.6) is 0 Å². The second-order valence-electron chi connectivity index (χ2n) is 0. The first kappa shape index (κ1) is 20.6. The van der Waals surface area contributed by atoms with Gasteiger partial charge in [0.1, 0.15) is 0 Å². The van der Waals surface area contributed by atoms with Crippen molar-refractivity contribution in [3.63, 3.8) is 0 Å². The van der Waals surface area contributed by atoms with E-state index in [0.29, 0.717) is 0 Å². The number of hydrogen-bond donors (Lipinski definition) is 0. The van der Waals surface area contributed by atoms with Gasteiger partial charge in [0.05, 0.1) is 0 Å². The van der Waals surface area contributed by atoms with Crippen LogP contribution >= 0.6 is 24.8 Å². The molecule has 0 rings (SSSR count). The van der Waals surface area contributed by atoms with E-state index in [9.17, 15) is 0 Å². The molecule has 0 amide bonds. The summed E-state index contributed by atoms with van der Waals surface area (Å²) in [7, 11) is 0. The number of hydrogen-bond acceptors (Lipinski definition) is 1. The van der Waals surface area contributed by atoms with Crippen molar-refractivity contribution in [2.75, 3.05) is 0 Å². The third-order valence-electron chi connectivity index (χ3n) is 0. The van der Waals surface area contributed by atoms with E-state index < -0.39 is 0 Å². The van der Waals surface area contributed by atoms with Gasteiger partial charge in [-0.15, -0.1) is 24.8 Å². The Bertz CT molecular complexity index is 6.00. The van der Waals surface area contributed by atoms with Gasteiger partial charge in [0.2, 0.25) is 0 Å². The summed E-state index contributed by atoms with van der Waals surface area (Å²) in [5.74, 6) is 0. The Labute approximate surface area is 45.2 Å². The fourth-order valence-electron chi connectivity index (χ4n) is 0. The van der Waals surface area contributed by atoms with Crippen molar-refractivity contribution >= 4 is 41.0 Å². The summed E-state index contributed by atoms with van der Waals surface area (Å²) in [6.45, 7) is 0. The van der Waals surface area contributed by atoms with E-state index in [1.807, 2.05) is 0 Å². The predicted octanol–water partition coefficient (Wildman–Crippen LogP) is 0.344. The molecule has 0 fully saturated rings. The van der Waals surface area contributed by atoms with Crippen LogP contribution < -0.4 is 0 Å². The summed E-state index contributed by atoms with van der Waals surface area (Å²) in [4.78, 5) is 0. The molecule has 0 N–H and O–H groups in total. The molecule has 0 aliphatic heterocycles. The summed E-state index contributed by atoms with van der Waals surface area (Å²) in [5, 5.41) is 0. The van der Waals surface area contributed by atoms with Crippen LogP contribution in [0.15, 0.2) is 0 Å². The van der Waals surface area contributed by atoms with Gasteiger partial charge in [-0.1, -0.05) is 0 Å². The minimum absolute atomic E-state index is 0. The maximum atomic E-state index is 8.17. The summed E-state index contributed by atoms with van der Waals surface area (Å²) in [6, 6.07) is 0. The first-order valence-corrected chi connectivity index (χ1v) is 0.707. The molecular weight excluding hydrogens is 114 g/mol. The van der Waals surface area contributed by atoms with Crippen LogP contribution in [0, 0.1) is 0 Å². The molecule has 0 heterocycles. The minimum atomic E-state index is 0. The summed E-state index contributed by atoms with van der Waals surface area (Å²) in [6.07, 6.45) is 0. The molecule has 0 aromatic rings. The quantitative estimate of drug-likeness (QED) is 0.417. The molecular formula is H2AlCl2O. The molecule has 4 heavy (non-hydrogen) atoms. The summed E-state index contributed by atoms with van der Waals surface area (Å²) >= 11 is 1.17. The van der Waals surface area contributed by atoms with Gasteiger partial charge in [-0.2, -0.15) is 0 Å². The van der Waals surface area contributed by atoms with E-state index in [4.69, 9.17) is 3.80 Å². The first-order chi connectivity index (χ1) is 1.00. The monoisotopic (exact) mass is 115 g/mol. The molecule has 25 valence electrons. The Kier molecular flexibility index (Phi) is 205. The van der Waals surface area contributed by atoms with Crippen LogP contribution in [0.25, 0.3) is 0 Å². The number of halogens is 2. The van der Waals surface area contributed by atoms with Gasteiger partial charge >= 0.3 is 20.0 Å². The molecule has 4 heteroatoms. The maximum absolute atomic E-state index is 8.17. The summed E-state index contributed by atoms with van der Waals surface area (Å²) < 4.78 is 8.17. The third kappa shape index (κ3) is 12.8. The van der Waals surface area contributed by atoms with E-state index in [1.165, 1.54) is 16.2 Å². The molecule has 0 aliphatic carbocycles. The Hall–Kier alpha value is 0.912. The number of rotatable bonds is 0. The van der Waals surface area contributed by atoms with Crippen molar-refractivity contribution in [1.29, 1.82) is 0 Å². The standard InChI is InChI=1S/Al.2ClH.O/h;2*1H;. The molecule has 0 aliphatic rings. The van der Waals surface area contributed by atoms with E-state index in [1.54, 1.807) is 0 Å². The Balaban J connectivity index is -0.00000000500. The molecule has 0 saturated heterocycles. The van der Waals surface area contributed by atoms with E-state index in [2.05, 4.69) is 0 Å². The van der Waals surface area contributed by atoms with Crippen LogP contribution in [0.4, 0.5) is 0 Å². The predicted molar refractivity (Wildman–Crippen MR) is 20.9 cm³/mol. The Morgan fingerprint density at radius 1 is 1.00 bits per heavy atom. The fourth-order valence-corrected chi connectivity index (χ4v) is 0. The zero-order valence-electron chi connectivity index (χ0n) is 1.80. The van der Waals surface area contributed by atoms with Gasteiger partial charge in [0, 0.05) is 0 Å². The van der Waals surface area contributed by atoms with Gasteiger partial charge in [-0.3, -0.25) is 0 Å². The van der Waals surface area contributed by atoms with Gasteiger partial charge in [-0.05, 0) is 0 Å². The van der Waals surface area contributed by atoms with Crippen LogP contribution in [0.1, 0.15) is 0 Å². The molecule has 0 saturated carbocycles. The van der Waals surface area contributed by atoms with Crippen molar-refractivity contribution < 1.29 is 3.80 Å². The molecule has 1 radical (unpaired) electrons. The van der Waals surface area contributed by atoms with E-state index in [0.717, 1.165) is 0 Å². The molecule has 0 aromatic carbocycles. The van der Waals surface area contributed by atoms with Crippen molar-refractivity contribution in [1.82, 2.24) is 0 Å². The Morgan fingerprint density at radius 3 is 1.00 bits per heavy atom. The van der Waals surface area contributed by atoms with Crippen LogP contribution in [0.2, 0.25) is 0 Å². The third-order valence-corrected chi connectivity index (χ3v) is 0. The first-order valence-electron chi connectivity index (χ1n) is 0.236. The van der Waals surface area contributed by atoms with Crippen molar-refractivity contribution in [3.8, 4) is 0 Å². The van der Waals surface area contributed by atoms with Crippen LogP contribution in [0.3, 0.4) is 0 Å². The molecule has 0 atom stereocenters. The normalized spacial score (nSPS) is 0.750. The van der Waals surface area contributed by atoms with Crippen LogP contribution in [-0.4, -0.2) is 16.2 Å².